The number of halogens is 3. The van der Waals surface area contributed by atoms with Crippen molar-refractivity contribution < 1.29 is 18.0 Å². The van der Waals surface area contributed by atoms with E-state index in [1.165, 1.54) is 30.1 Å². The number of amides is 2. The maximum atomic E-state index is 14.0. The second-order valence-electron chi connectivity index (χ2n) is 9.02. The van der Waals surface area contributed by atoms with Crippen molar-refractivity contribution in [2.45, 2.75) is 44.7 Å². The van der Waals surface area contributed by atoms with Crippen molar-refractivity contribution in [1.29, 1.82) is 0 Å². The van der Waals surface area contributed by atoms with Gasteiger partial charge in [-0.3, -0.25) is 13.9 Å². The highest BCUT2D eigenvalue weighted by Crippen LogP contribution is 2.31. The Morgan fingerprint density at radius 3 is 2.13 bits per heavy atom. The first-order chi connectivity index (χ1) is 18.4. The Kier molecular flexibility index (Phi) is 10.3. The summed E-state index contributed by atoms with van der Waals surface area (Å²) in [5.74, 6) is -1.02. The summed E-state index contributed by atoms with van der Waals surface area (Å²) in [5.41, 5.74) is 2.18. The van der Waals surface area contributed by atoms with Crippen molar-refractivity contribution in [3.8, 4) is 0 Å². The number of anilines is 1. The van der Waals surface area contributed by atoms with E-state index in [2.05, 4.69) is 5.32 Å². The van der Waals surface area contributed by atoms with Crippen LogP contribution in [0, 0.1) is 13.8 Å². The van der Waals surface area contributed by atoms with Gasteiger partial charge in [-0.25, -0.2) is 8.42 Å². The molecule has 7 nitrogen and oxygen atoms in total. The highest BCUT2D eigenvalue weighted by molar-refractivity contribution is 7.92. The molecule has 0 heterocycles. The van der Waals surface area contributed by atoms with Crippen LogP contribution < -0.4 is 9.62 Å². The van der Waals surface area contributed by atoms with Gasteiger partial charge in [-0.1, -0.05) is 71.6 Å². The summed E-state index contributed by atoms with van der Waals surface area (Å²) in [4.78, 5) is 28.2. The van der Waals surface area contributed by atoms with Gasteiger partial charge >= 0.3 is 0 Å². The van der Waals surface area contributed by atoms with Crippen LogP contribution in [0.15, 0.2) is 65.6 Å². The zero-order valence-electron chi connectivity index (χ0n) is 22.0. The monoisotopic (exact) mass is 609 g/mol. The molecule has 0 spiro atoms. The number of rotatable bonds is 10. The number of hydrogen-bond donors (Lipinski definition) is 1. The van der Waals surface area contributed by atoms with Crippen molar-refractivity contribution in [3.05, 3.63) is 92.4 Å². The molecule has 1 atom stereocenters. The molecule has 1 N–H and O–H groups in total. The average molecular weight is 611 g/mol. The Bertz CT molecular complexity index is 1440. The fourth-order valence-electron chi connectivity index (χ4n) is 4.14. The zero-order valence-corrected chi connectivity index (χ0v) is 25.1. The molecule has 208 valence electrons. The van der Waals surface area contributed by atoms with Crippen LogP contribution in [-0.4, -0.2) is 44.8 Å². The van der Waals surface area contributed by atoms with E-state index in [1.54, 1.807) is 56.3 Å². The van der Waals surface area contributed by atoms with Crippen LogP contribution in [0.2, 0.25) is 15.1 Å². The Morgan fingerprint density at radius 2 is 1.56 bits per heavy atom. The average Bonchev–Trinajstić information content (AvgIpc) is 2.90. The van der Waals surface area contributed by atoms with Gasteiger partial charge in [-0.05, 0) is 62.2 Å². The van der Waals surface area contributed by atoms with Crippen LogP contribution in [0.5, 0.6) is 0 Å². The van der Waals surface area contributed by atoms with Crippen LogP contribution in [0.1, 0.15) is 30.0 Å². The van der Waals surface area contributed by atoms with Gasteiger partial charge in [0.1, 0.15) is 12.6 Å². The van der Waals surface area contributed by atoms with Crippen LogP contribution in [-0.2, 0) is 26.2 Å². The highest BCUT2D eigenvalue weighted by Gasteiger charge is 2.34. The largest absolute Gasteiger partial charge is 0.357 e. The number of carbonyl (C=O) groups is 2. The summed E-state index contributed by atoms with van der Waals surface area (Å²) in [6, 6.07) is 15.2. The van der Waals surface area contributed by atoms with E-state index in [-0.39, 0.29) is 23.5 Å². The van der Waals surface area contributed by atoms with Crippen molar-refractivity contribution in [3.63, 3.8) is 0 Å². The summed E-state index contributed by atoms with van der Waals surface area (Å²) in [6.07, 6.45) is 0.272. The number of aryl methyl sites for hydroxylation is 2. The Hall–Kier alpha value is -2.78. The fraction of sp³-hybridized carbons (Fsp3) is 0.286. The lowest BCUT2D eigenvalue weighted by Crippen LogP contribution is -2.52. The Labute approximate surface area is 244 Å². The molecule has 0 bridgehead atoms. The number of hydrogen-bond acceptors (Lipinski definition) is 4. The molecular weight excluding hydrogens is 581 g/mol. The second kappa shape index (κ2) is 13.0. The number of nitrogens with one attached hydrogen (secondary N) is 1. The lowest BCUT2D eigenvalue weighted by molar-refractivity contribution is -0.140. The van der Waals surface area contributed by atoms with Crippen LogP contribution in [0.4, 0.5) is 5.69 Å². The Morgan fingerprint density at radius 1 is 0.949 bits per heavy atom. The van der Waals surface area contributed by atoms with Gasteiger partial charge in [0, 0.05) is 34.2 Å². The topological polar surface area (TPSA) is 86.8 Å². The highest BCUT2D eigenvalue weighted by atomic mass is 35.5. The standard InChI is InChI=1S/C28H30Cl3N3O4S/c1-5-25(28(36)32-4)33(16-22-23(30)7-6-8-24(22)31)27(35)17-34(26-15-20(29)12-11-19(26)3)39(37,38)21-13-9-18(2)10-14-21/h6-15,25H,5,16-17H2,1-4H3,(H,32,36)/t25-/m1/s1. The molecule has 0 unspecified atom stereocenters. The lowest BCUT2D eigenvalue weighted by Gasteiger charge is -2.33. The number of likely N-dealkylation sites (N-methyl/N-ethyl adjacent to an activating group) is 1. The van der Waals surface area contributed by atoms with Crippen molar-refractivity contribution in [2.24, 2.45) is 0 Å². The zero-order chi connectivity index (χ0) is 28.9. The van der Waals surface area contributed by atoms with E-state index in [4.69, 9.17) is 34.8 Å². The third-order valence-corrected chi connectivity index (χ3v) is 9.07. The molecule has 0 radical (unpaired) electrons. The van der Waals surface area contributed by atoms with Gasteiger partial charge in [-0.15, -0.1) is 0 Å². The third-order valence-electron chi connectivity index (χ3n) is 6.35. The summed E-state index contributed by atoms with van der Waals surface area (Å²) in [6.45, 7) is 4.65. The smallest absolute Gasteiger partial charge is 0.264 e. The Balaban J connectivity index is 2.14. The normalized spacial score (nSPS) is 12.1. The van der Waals surface area contributed by atoms with E-state index in [9.17, 15) is 18.0 Å². The molecule has 0 aliphatic heterocycles. The number of sulfonamides is 1. The number of benzene rings is 3. The molecular formula is C28H30Cl3N3O4S. The van der Waals surface area contributed by atoms with Crippen molar-refractivity contribution >= 4 is 62.3 Å². The molecule has 0 aliphatic rings. The molecule has 0 fully saturated rings. The van der Waals surface area contributed by atoms with Gasteiger partial charge in [0.05, 0.1) is 10.6 Å². The molecule has 0 saturated heterocycles. The molecule has 3 aromatic carbocycles. The van der Waals surface area contributed by atoms with Gasteiger partial charge in [0.2, 0.25) is 11.8 Å². The third kappa shape index (κ3) is 7.06. The first kappa shape index (κ1) is 30.8. The van der Waals surface area contributed by atoms with Crippen LogP contribution in [0.3, 0.4) is 0 Å². The molecule has 11 heteroatoms. The number of carbonyl (C=O) groups excluding carboxylic acids is 2. The van der Waals surface area contributed by atoms with Crippen molar-refractivity contribution in [1.82, 2.24) is 10.2 Å². The molecule has 3 rings (SSSR count). The van der Waals surface area contributed by atoms with Crippen LogP contribution >= 0.6 is 34.8 Å². The predicted octanol–water partition coefficient (Wildman–Crippen LogP) is 6.01. The summed E-state index contributed by atoms with van der Waals surface area (Å²) < 4.78 is 28.9. The van der Waals surface area contributed by atoms with E-state index >= 15 is 0 Å². The molecule has 2 amide bonds. The lowest BCUT2D eigenvalue weighted by atomic mass is 10.1. The summed E-state index contributed by atoms with van der Waals surface area (Å²) in [7, 11) is -2.74. The molecule has 0 aliphatic carbocycles. The minimum Gasteiger partial charge on any atom is -0.357 e. The van der Waals surface area contributed by atoms with Gasteiger partial charge in [0.15, 0.2) is 0 Å². The molecule has 3 aromatic rings. The first-order valence-electron chi connectivity index (χ1n) is 12.2. The van der Waals surface area contributed by atoms with E-state index in [1.807, 2.05) is 6.92 Å². The summed E-state index contributed by atoms with van der Waals surface area (Å²) >= 11 is 19.1. The SMILES string of the molecule is CC[C@H](C(=O)NC)N(Cc1c(Cl)cccc1Cl)C(=O)CN(c1cc(Cl)ccc1C)S(=O)(=O)c1ccc(C)cc1. The minimum absolute atomic E-state index is 0.0133. The maximum Gasteiger partial charge on any atom is 0.264 e. The second-order valence-corrected chi connectivity index (χ2v) is 12.1. The summed E-state index contributed by atoms with van der Waals surface area (Å²) in [5, 5.41) is 3.53. The van der Waals surface area contributed by atoms with Crippen LogP contribution in [0.25, 0.3) is 0 Å². The van der Waals surface area contributed by atoms with Crippen molar-refractivity contribution in [2.75, 3.05) is 17.9 Å². The quantitative estimate of drug-likeness (QED) is 0.305. The van der Waals surface area contributed by atoms with E-state index < -0.39 is 34.4 Å². The molecule has 39 heavy (non-hydrogen) atoms. The maximum absolute atomic E-state index is 14.0. The van der Waals surface area contributed by atoms with Gasteiger partial charge < -0.3 is 10.2 Å². The van der Waals surface area contributed by atoms with Gasteiger partial charge in [-0.2, -0.15) is 0 Å². The van der Waals surface area contributed by atoms with E-state index in [0.29, 0.717) is 26.2 Å². The van der Waals surface area contributed by atoms with E-state index in [0.717, 1.165) is 9.87 Å². The molecule has 0 saturated carbocycles. The minimum atomic E-state index is -4.21. The molecule has 0 aromatic heterocycles. The fourth-order valence-corrected chi connectivity index (χ4v) is 6.30. The first-order valence-corrected chi connectivity index (χ1v) is 14.8. The number of nitrogens with zero attached hydrogens (tertiary/aromatic N) is 2. The van der Waals surface area contributed by atoms with Gasteiger partial charge in [0.25, 0.3) is 10.0 Å². The predicted molar refractivity (Wildman–Crippen MR) is 157 cm³/mol.